The summed E-state index contributed by atoms with van der Waals surface area (Å²) in [7, 11) is 0. The molecule has 1 aromatic heterocycles. The predicted molar refractivity (Wildman–Crippen MR) is 72.8 cm³/mol. The van der Waals surface area contributed by atoms with Crippen LogP contribution in [0.25, 0.3) is 0 Å². The number of aromatic nitrogens is 3. The first-order chi connectivity index (χ1) is 9.19. The van der Waals surface area contributed by atoms with Gasteiger partial charge in [-0.2, -0.15) is 0 Å². The highest BCUT2D eigenvalue weighted by atomic mass is 16.5. The van der Waals surface area contributed by atoms with Gasteiger partial charge < -0.3 is 10.5 Å². The predicted octanol–water partition coefficient (Wildman–Crippen LogP) is 1.57. The highest BCUT2D eigenvalue weighted by Gasteiger charge is 2.05. The molecular formula is C14H18N4O. The van der Waals surface area contributed by atoms with Gasteiger partial charge in [-0.3, -0.25) is 0 Å². The van der Waals surface area contributed by atoms with Gasteiger partial charge in [0.1, 0.15) is 24.0 Å². The van der Waals surface area contributed by atoms with E-state index in [1.807, 2.05) is 38.1 Å². The minimum absolute atomic E-state index is 0.339. The van der Waals surface area contributed by atoms with Gasteiger partial charge in [-0.1, -0.05) is 18.2 Å². The van der Waals surface area contributed by atoms with Gasteiger partial charge in [0.2, 0.25) is 0 Å². The Bertz CT molecular complexity index is 557. The first-order valence-electron chi connectivity index (χ1n) is 6.28. The Hall–Kier alpha value is -2.01. The second-order valence-corrected chi connectivity index (χ2v) is 4.31. The van der Waals surface area contributed by atoms with E-state index in [4.69, 9.17) is 10.5 Å². The molecule has 5 heteroatoms. The molecule has 0 aliphatic carbocycles. The van der Waals surface area contributed by atoms with E-state index < -0.39 is 0 Å². The van der Waals surface area contributed by atoms with Crippen molar-refractivity contribution in [2.45, 2.75) is 26.9 Å². The maximum Gasteiger partial charge on any atom is 0.169 e. The van der Waals surface area contributed by atoms with Crippen molar-refractivity contribution in [3.05, 3.63) is 47.3 Å². The Morgan fingerprint density at radius 2 is 1.79 bits per heavy atom. The molecule has 0 aliphatic heterocycles. The van der Waals surface area contributed by atoms with Crippen LogP contribution in [0.2, 0.25) is 0 Å². The summed E-state index contributed by atoms with van der Waals surface area (Å²) in [5, 5.41) is 0. The molecular weight excluding hydrogens is 240 g/mol. The molecule has 0 spiro atoms. The topological polar surface area (TPSA) is 73.9 Å². The lowest BCUT2D eigenvalue weighted by atomic mass is 10.2. The lowest BCUT2D eigenvalue weighted by molar-refractivity contribution is 0.292. The van der Waals surface area contributed by atoms with Gasteiger partial charge in [0.15, 0.2) is 5.82 Å². The third kappa shape index (κ3) is 3.72. The van der Waals surface area contributed by atoms with Crippen LogP contribution < -0.4 is 10.5 Å². The number of nitrogens with zero attached hydrogens (tertiary/aromatic N) is 3. The number of rotatable bonds is 5. The van der Waals surface area contributed by atoms with E-state index >= 15 is 0 Å². The highest BCUT2D eigenvalue weighted by molar-refractivity contribution is 5.31. The molecule has 0 aliphatic rings. The average Bonchev–Trinajstić information content (AvgIpc) is 2.37. The Kier molecular flexibility index (Phi) is 4.41. The summed E-state index contributed by atoms with van der Waals surface area (Å²) in [6.07, 6.45) is 0.653. The minimum atomic E-state index is 0.339. The smallest absolute Gasteiger partial charge is 0.169 e. The van der Waals surface area contributed by atoms with E-state index in [1.165, 1.54) is 0 Å². The van der Waals surface area contributed by atoms with Crippen LogP contribution in [0.15, 0.2) is 24.3 Å². The average molecular weight is 258 g/mol. The summed E-state index contributed by atoms with van der Waals surface area (Å²) in [5.74, 6) is 2.90. The van der Waals surface area contributed by atoms with Gasteiger partial charge in [-0.15, -0.1) is 0 Å². The molecule has 0 saturated heterocycles. The van der Waals surface area contributed by atoms with Crippen molar-refractivity contribution in [1.82, 2.24) is 15.0 Å². The minimum Gasteiger partial charge on any atom is -0.485 e. The normalized spacial score (nSPS) is 10.5. The maximum absolute atomic E-state index is 5.73. The van der Waals surface area contributed by atoms with Crippen LogP contribution in [0.5, 0.6) is 5.75 Å². The zero-order chi connectivity index (χ0) is 13.7. The SMILES string of the molecule is Cc1nc(CCN)nc(COc2ccccc2C)n1. The molecule has 2 N–H and O–H groups in total. The fourth-order valence-electron chi connectivity index (χ4n) is 1.76. The third-order valence-corrected chi connectivity index (χ3v) is 2.66. The van der Waals surface area contributed by atoms with Crippen LogP contribution >= 0.6 is 0 Å². The van der Waals surface area contributed by atoms with Gasteiger partial charge in [-0.05, 0) is 32.0 Å². The molecule has 2 rings (SSSR count). The first kappa shape index (κ1) is 13.4. The van der Waals surface area contributed by atoms with Crippen LogP contribution in [0, 0.1) is 13.8 Å². The molecule has 0 fully saturated rings. The summed E-state index contributed by atoms with van der Waals surface area (Å²) >= 11 is 0. The lowest BCUT2D eigenvalue weighted by Gasteiger charge is -2.09. The van der Waals surface area contributed by atoms with Crippen molar-refractivity contribution in [3.63, 3.8) is 0 Å². The monoisotopic (exact) mass is 258 g/mol. The van der Waals surface area contributed by atoms with E-state index in [-0.39, 0.29) is 0 Å². The van der Waals surface area contributed by atoms with Gasteiger partial charge >= 0.3 is 0 Å². The molecule has 0 amide bonds. The lowest BCUT2D eigenvalue weighted by Crippen LogP contribution is -2.12. The number of nitrogens with two attached hydrogens (primary N) is 1. The molecule has 1 heterocycles. The van der Waals surface area contributed by atoms with Crippen LogP contribution in [0.4, 0.5) is 0 Å². The molecule has 0 unspecified atom stereocenters. The zero-order valence-corrected chi connectivity index (χ0v) is 11.3. The Balaban J connectivity index is 2.09. The number of hydrogen-bond donors (Lipinski definition) is 1. The number of hydrogen-bond acceptors (Lipinski definition) is 5. The molecule has 19 heavy (non-hydrogen) atoms. The summed E-state index contributed by atoms with van der Waals surface area (Å²) < 4.78 is 5.73. The standard InChI is InChI=1S/C14H18N4O/c1-10-5-3-4-6-12(10)19-9-14-17-11(2)16-13(18-14)7-8-15/h3-6H,7-9,15H2,1-2H3. The Labute approximate surface area is 112 Å². The fraction of sp³-hybridized carbons (Fsp3) is 0.357. The molecule has 0 bridgehead atoms. The Morgan fingerprint density at radius 3 is 2.53 bits per heavy atom. The third-order valence-electron chi connectivity index (χ3n) is 2.66. The molecule has 0 saturated carbocycles. The first-order valence-corrected chi connectivity index (χ1v) is 6.28. The van der Waals surface area contributed by atoms with Gasteiger partial charge in [0.25, 0.3) is 0 Å². The van der Waals surface area contributed by atoms with Crippen LogP contribution in [-0.4, -0.2) is 21.5 Å². The summed E-state index contributed by atoms with van der Waals surface area (Å²) in [6, 6.07) is 7.87. The zero-order valence-electron chi connectivity index (χ0n) is 11.3. The molecule has 1 aromatic carbocycles. The van der Waals surface area contributed by atoms with Crippen LogP contribution in [0.3, 0.4) is 0 Å². The molecule has 0 radical (unpaired) electrons. The number of aryl methyl sites for hydroxylation is 2. The highest BCUT2D eigenvalue weighted by Crippen LogP contribution is 2.17. The summed E-state index contributed by atoms with van der Waals surface area (Å²) in [4.78, 5) is 12.9. The fourth-order valence-corrected chi connectivity index (χ4v) is 1.76. The van der Waals surface area contributed by atoms with Crippen molar-refractivity contribution < 1.29 is 4.74 Å². The van der Waals surface area contributed by atoms with Crippen LogP contribution in [0.1, 0.15) is 23.0 Å². The molecule has 100 valence electrons. The van der Waals surface area contributed by atoms with E-state index in [0.29, 0.717) is 31.2 Å². The van der Waals surface area contributed by atoms with Gasteiger partial charge in [-0.25, -0.2) is 15.0 Å². The van der Waals surface area contributed by atoms with E-state index in [9.17, 15) is 0 Å². The number of ether oxygens (including phenoxy) is 1. The quantitative estimate of drug-likeness (QED) is 0.881. The number of para-hydroxylation sites is 1. The second kappa shape index (κ2) is 6.24. The van der Waals surface area contributed by atoms with Crippen LogP contribution in [-0.2, 0) is 13.0 Å². The molecule has 2 aromatic rings. The van der Waals surface area contributed by atoms with E-state index in [0.717, 1.165) is 17.1 Å². The molecule has 5 nitrogen and oxygen atoms in total. The van der Waals surface area contributed by atoms with Gasteiger partial charge in [0, 0.05) is 6.42 Å². The van der Waals surface area contributed by atoms with Crippen molar-refractivity contribution in [2.75, 3.05) is 6.54 Å². The van der Waals surface area contributed by atoms with Crippen molar-refractivity contribution in [1.29, 1.82) is 0 Å². The van der Waals surface area contributed by atoms with Crippen molar-refractivity contribution >= 4 is 0 Å². The van der Waals surface area contributed by atoms with Gasteiger partial charge in [0.05, 0.1) is 0 Å². The summed E-state index contributed by atoms with van der Waals surface area (Å²) in [5.41, 5.74) is 6.61. The summed E-state index contributed by atoms with van der Waals surface area (Å²) in [6.45, 7) is 4.72. The van der Waals surface area contributed by atoms with Crippen molar-refractivity contribution in [2.24, 2.45) is 5.73 Å². The Morgan fingerprint density at radius 1 is 1.05 bits per heavy atom. The molecule has 0 atom stereocenters. The maximum atomic E-state index is 5.73. The second-order valence-electron chi connectivity index (χ2n) is 4.31. The number of benzene rings is 1. The van der Waals surface area contributed by atoms with E-state index in [2.05, 4.69) is 15.0 Å². The van der Waals surface area contributed by atoms with Crippen molar-refractivity contribution in [3.8, 4) is 5.75 Å². The largest absolute Gasteiger partial charge is 0.485 e. The van der Waals surface area contributed by atoms with E-state index in [1.54, 1.807) is 0 Å².